The SMILES string of the molecule is CC(C)NC(=O)c1ccc(B(O)O)cc1F. The number of hydrogen-bond acceptors (Lipinski definition) is 3. The second kappa shape index (κ2) is 5.09. The molecule has 0 aliphatic carbocycles. The van der Waals surface area contributed by atoms with Gasteiger partial charge in [0, 0.05) is 6.04 Å². The summed E-state index contributed by atoms with van der Waals surface area (Å²) < 4.78 is 13.4. The van der Waals surface area contributed by atoms with Crippen molar-refractivity contribution in [3.63, 3.8) is 0 Å². The fourth-order valence-corrected chi connectivity index (χ4v) is 1.22. The van der Waals surface area contributed by atoms with Crippen molar-refractivity contribution < 1.29 is 19.2 Å². The fourth-order valence-electron chi connectivity index (χ4n) is 1.22. The second-order valence-electron chi connectivity index (χ2n) is 3.74. The van der Waals surface area contributed by atoms with Gasteiger partial charge >= 0.3 is 7.12 Å². The minimum absolute atomic E-state index is 0.0126. The highest BCUT2D eigenvalue weighted by molar-refractivity contribution is 6.58. The molecule has 0 bridgehead atoms. The number of hydrogen-bond donors (Lipinski definition) is 3. The summed E-state index contributed by atoms with van der Waals surface area (Å²) in [5.41, 5.74) is -0.100. The van der Waals surface area contributed by atoms with Crippen molar-refractivity contribution in [2.45, 2.75) is 19.9 Å². The van der Waals surface area contributed by atoms with Crippen LogP contribution >= 0.6 is 0 Å². The van der Waals surface area contributed by atoms with Gasteiger partial charge < -0.3 is 15.4 Å². The normalized spacial score (nSPS) is 10.4. The van der Waals surface area contributed by atoms with E-state index in [9.17, 15) is 9.18 Å². The average Bonchev–Trinajstić information content (AvgIpc) is 2.15. The number of carbonyl (C=O) groups is 1. The van der Waals surface area contributed by atoms with Crippen LogP contribution in [0.3, 0.4) is 0 Å². The van der Waals surface area contributed by atoms with E-state index in [0.717, 1.165) is 6.07 Å². The summed E-state index contributed by atoms with van der Waals surface area (Å²) in [5.74, 6) is -1.30. The van der Waals surface area contributed by atoms with E-state index in [1.807, 2.05) is 0 Å². The highest BCUT2D eigenvalue weighted by atomic mass is 19.1. The zero-order chi connectivity index (χ0) is 12.3. The van der Waals surface area contributed by atoms with Crippen molar-refractivity contribution in [3.8, 4) is 0 Å². The first-order valence-corrected chi connectivity index (χ1v) is 4.88. The lowest BCUT2D eigenvalue weighted by molar-refractivity contribution is 0.0939. The van der Waals surface area contributed by atoms with Gasteiger partial charge in [-0.2, -0.15) is 0 Å². The Labute approximate surface area is 93.2 Å². The number of benzene rings is 1. The summed E-state index contributed by atoms with van der Waals surface area (Å²) in [4.78, 5) is 11.5. The molecule has 0 radical (unpaired) electrons. The van der Waals surface area contributed by atoms with Crippen LogP contribution in [0.1, 0.15) is 24.2 Å². The third-order valence-corrected chi connectivity index (χ3v) is 1.96. The molecule has 1 rings (SSSR count). The maximum atomic E-state index is 13.4. The van der Waals surface area contributed by atoms with Crippen LogP contribution in [0.5, 0.6) is 0 Å². The van der Waals surface area contributed by atoms with E-state index >= 15 is 0 Å². The Morgan fingerprint density at radius 2 is 2.06 bits per heavy atom. The van der Waals surface area contributed by atoms with Gasteiger partial charge in [-0.25, -0.2) is 4.39 Å². The Bertz CT molecular complexity index is 396. The molecule has 0 fully saturated rings. The van der Waals surface area contributed by atoms with Crippen LogP contribution < -0.4 is 10.8 Å². The lowest BCUT2D eigenvalue weighted by Gasteiger charge is -2.09. The summed E-state index contributed by atoms with van der Waals surface area (Å²) in [7, 11) is -1.74. The first-order chi connectivity index (χ1) is 7.41. The van der Waals surface area contributed by atoms with Crippen LogP contribution in [0.15, 0.2) is 18.2 Å². The van der Waals surface area contributed by atoms with Gasteiger partial charge in [0.2, 0.25) is 0 Å². The van der Waals surface area contributed by atoms with E-state index in [1.165, 1.54) is 12.1 Å². The lowest BCUT2D eigenvalue weighted by atomic mass is 9.80. The van der Waals surface area contributed by atoms with E-state index in [0.29, 0.717) is 0 Å². The molecular weight excluding hydrogens is 212 g/mol. The zero-order valence-electron chi connectivity index (χ0n) is 9.07. The summed E-state index contributed by atoms with van der Waals surface area (Å²) in [6.07, 6.45) is 0. The number of rotatable bonds is 3. The average molecular weight is 225 g/mol. The number of halogens is 1. The van der Waals surface area contributed by atoms with Crippen molar-refractivity contribution in [1.82, 2.24) is 5.32 Å². The lowest BCUT2D eigenvalue weighted by Crippen LogP contribution is -2.33. The molecule has 0 saturated carbocycles. The fraction of sp³-hybridized carbons (Fsp3) is 0.300. The molecule has 3 N–H and O–H groups in total. The minimum Gasteiger partial charge on any atom is -0.423 e. The molecule has 0 unspecified atom stereocenters. The molecule has 16 heavy (non-hydrogen) atoms. The van der Waals surface area contributed by atoms with Crippen molar-refractivity contribution in [3.05, 3.63) is 29.6 Å². The number of amides is 1. The molecule has 86 valence electrons. The van der Waals surface area contributed by atoms with Gasteiger partial charge in [-0.05, 0) is 31.4 Å². The Morgan fingerprint density at radius 1 is 1.44 bits per heavy atom. The van der Waals surface area contributed by atoms with Crippen LogP contribution in [0.2, 0.25) is 0 Å². The minimum atomic E-state index is -1.74. The summed E-state index contributed by atoms with van der Waals surface area (Å²) in [6, 6.07) is 3.36. The van der Waals surface area contributed by atoms with Gasteiger partial charge in [0.15, 0.2) is 0 Å². The Morgan fingerprint density at radius 3 is 2.50 bits per heavy atom. The van der Waals surface area contributed by atoms with E-state index < -0.39 is 18.8 Å². The molecule has 0 atom stereocenters. The summed E-state index contributed by atoms with van der Waals surface area (Å²) in [5, 5.41) is 20.2. The van der Waals surface area contributed by atoms with Crippen LogP contribution in [0.4, 0.5) is 4.39 Å². The number of nitrogens with one attached hydrogen (secondary N) is 1. The zero-order valence-corrected chi connectivity index (χ0v) is 9.07. The molecule has 1 aromatic carbocycles. The monoisotopic (exact) mass is 225 g/mol. The van der Waals surface area contributed by atoms with Crippen LogP contribution in [0, 0.1) is 5.82 Å². The van der Waals surface area contributed by atoms with Gasteiger partial charge in [-0.15, -0.1) is 0 Å². The smallest absolute Gasteiger partial charge is 0.423 e. The molecule has 6 heteroatoms. The summed E-state index contributed by atoms with van der Waals surface area (Å²) in [6.45, 7) is 3.53. The standard InChI is InChI=1S/C10H13BFNO3/c1-6(2)13-10(14)8-4-3-7(11(15)16)5-9(8)12/h3-6,15-16H,1-2H3,(H,13,14). The third kappa shape index (κ3) is 3.05. The molecule has 4 nitrogen and oxygen atoms in total. The van der Waals surface area contributed by atoms with Crippen LogP contribution in [0.25, 0.3) is 0 Å². The van der Waals surface area contributed by atoms with E-state index in [-0.39, 0.29) is 17.1 Å². The molecule has 0 spiro atoms. The second-order valence-corrected chi connectivity index (χ2v) is 3.74. The summed E-state index contributed by atoms with van der Waals surface area (Å²) >= 11 is 0. The van der Waals surface area contributed by atoms with Gasteiger partial charge in [-0.1, -0.05) is 6.07 Å². The molecule has 1 amide bonds. The molecule has 0 saturated heterocycles. The largest absolute Gasteiger partial charge is 0.488 e. The topological polar surface area (TPSA) is 69.6 Å². The van der Waals surface area contributed by atoms with E-state index in [2.05, 4.69) is 5.32 Å². The quantitative estimate of drug-likeness (QED) is 0.615. The van der Waals surface area contributed by atoms with E-state index in [4.69, 9.17) is 10.0 Å². The van der Waals surface area contributed by atoms with Gasteiger partial charge in [0.25, 0.3) is 5.91 Å². The first kappa shape index (κ1) is 12.7. The molecule has 0 aromatic heterocycles. The van der Waals surface area contributed by atoms with Crippen molar-refractivity contribution in [2.75, 3.05) is 0 Å². The molecule has 0 aliphatic rings. The van der Waals surface area contributed by atoms with Gasteiger partial charge in [0.1, 0.15) is 5.82 Å². The molecule has 1 aromatic rings. The third-order valence-electron chi connectivity index (χ3n) is 1.96. The van der Waals surface area contributed by atoms with Crippen molar-refractivity contribution in [1.29, 1.82) is 0 Å². The first-order valence-electron chi connectivity index (χ1n) is 4.88. The van der Waals surface area contributed by atoms with Crippen LogP contribution in [-0.2, 0) is 0 Å². The van der Waals surface area contributed by atoms with Gasteiger partial charge in [-0.3, -0.25) is 4.79 Å². The Balaban J connectivity index is 2.95. The Hall–Kier alpha value is -1.40. The molecule has 0 heterocycles. The van der Waals surface area contributed by atoms with Crippen LogP contribution in [-0.4, -0.2) is 29.1 Å². The Kier molecular flexibility index (Phi) is 4.03. The maximum Gasteiger partial charge on any atom is 0.488 e. The van der Waals surface area contributed by atoms with E-state index in [1.54, 1.807) is 13.8 Å². The number of carbonyl (C=O) groups excluding carboxylic acids is 1. The molecular formula is C10H13BFNO3. The maximum absolute atomic E-state index is 13.4. The van der Waals surface area contributed by atoms with Crippen molar-refractivity contribution >= 4 is 18.5 Å². The molecule has 0 aliphatic heterocycles. The van der Waals surface area contributed by atoms with Crippen molar-refractivity contribution in [2.24, 2.45) is 0 Å². The predicted octanol–water partition coefficient (Wildman–Crippen LogP) is -0.356. The predicted molar refractivity (Wildman–Crippen MR) is 58.8 cm³/mol. The highest BCUT2D eigenvalue weighted by Gasteiger charge is 2.17. The highest BCUT2D eigenvalue weighted by Crippen LogP contribution is 2.05. The van der Waals surface area contributed by atoms with Gasteiger partial charge in [0.05, 0.1) is 5.56 Å².